The Morgan fingerprint density at radius 2 is 2.07 bits per heavy atom. The Morgan fingerprint density at radius 3 is 2.76 bits per heavy atom. The molecule has 0 radical (unpaired) electrons. The van der Waals surface area contributed by atoms with Gasteiger partial charge in [0.25, 0.3) is 0 Å². The summed E-state index contributed by atoms with van der Waals surface area (Å²) < 4.78 is 45.3. The van der Waals surface area contributed by atoms with Crippen molar-refractivity contribution in [2.75, 3.05) is 35.8 Å². The van der Waals surface area contributed by atoms with Gasteiger partial charge in [0.05, 0.1) is 5.69 Å². The monoisotopic (exact) mass is 442 g/mol. The lowest BCUT2D eigenvalue weighted by atomic mass is 10.0. The van der Waals surface area contributed by atoms with Crippen molar-refractivity contribution in [2.24, 2.45) is 5.92 Å². The van der Waals surface area contributed by atoms with Crippen LogP contribution in [0.25, 0.3) is 0 Å². The number of anilines is 2. The van der Waals surface area contributed by atoms with E-state index in [0.717, 1.165) is 32.6 Å². The highest BCUT2D eigenvalue weighted by Crippen LogP contribution is 2.39. The van der Waals surface area contributed by atoms with Crippen molar-refractivity contribution in [3.8, 4) is 0 Å². The minimum atomic E-state index is -0.824. The van der Waals surface area contributed by atoms with Crippen LogP contribution < -0.4 is 9.62 Å². The summed E-state index contributed by atoms with van der Waals surface area (Å²) in [5.74, 6) is -1.58. The number of hydrogen-bond acceptors (Lipinski definition) is 5. The molecular formula is C20H22ClF3N4S. The number of halogens is 4. The molecule has 2 saturated heterocycles. The molecule has 4 nitrogen and oxygen atoms in total. The fourth-order valence-corrected chi connectivity index (χ4v) is 4.82. The molecule has 0 amide bonds. The molecular weight excluding hydrogens is 421 g/mol. The summed E-state index contributed by atoms with van der Waals surface area (Å²) in [6.07, 6.45) is 2.21. The molecule has 1 N–H and O–H groups in total. The van der Waals surface area contributed by atoms with E-state index < -0.39 is 17.6 Å². The maximum absolute atomic E-state index is 14.8. The average Bonchev–Trinajstić information content (AvgIpc) is 3.16. The Morgan fingerprint density at radius 1 is 1.24 bits per heavy atom. The smallest absolute Gasteiger partial charge is 0.214 e. The molecule has 3 heterocycles. The number of benzene rings is 1. The normalized spacial score (nSPS) is 22.0. The number of pyridine rings is 1. The lowest BCUT2D eigenvalue weighted by Gasteiger charge is -2.40. The van der Waals surface area contributed by atoms with Gasteiger partial charge in [-0.15, -0.1) is 0 Å². The van der Waals surface area contributed by atoms with Gasteiger partial charge in [0, 0.05) is 31.7 Å². The molecule has 0 saturated carbocycles. The number of rotatable bonds is 6. The Balaban J connectivity index is 1.45. The predicted molar refractivity (Wildman–Crippen MR) is 111 cm³/mol. The molecule has 156 valence electrons. The van der Waals surface area contributed by atoms with Gasteiger partial charge in [-0.2, -0.15) is 4.39 Å². The minimum Gasteiger partial charge on any atom is -0.370 e. The van der Waals surface area contributed by atoms with E-state index in [2.05, 4.69) is 21.5 Å². The van der Waals surface area contributed by atoms with Gasteiger partial charge < -0.3 is 14.5 Å². The second-order valence-corrected chi connectivity index (χ2v) is 8.81. The van der Waals surface area contributed by atoms with Crippen LogP contribution >= 0.6 is 23.5 Å². The number of nitrogens with zero attached hydrogens (tertiary/aromatic N) is 3. The van der Waals surface area contributed by atoms with Crippen molar-refractivity contribution in [1.82, 2.24) is 9.88 Å². The lowest BCUT2D eigenvalue weighted by molar-refractivity contribution is 0.0874. The first-order chi connectivity index (χ1) is 13.9. The standard InChI is InChI=1S/C20H22ClF3N4S/c1-12-5-7-27(12)10-13-6-8-28(11-13)15-9-14(22)20(19(24)18(15)21)29-26-17-4-2-3-16(23)25-17/h2-4,9,12-13H,5-8,10-11H2,1H3,(H,25,26)/t12-,13?/m0/s1. The quantitative estimate of drug-likeness (QED) is 0.378. The van der Waals surface area contributed by atoms with Gasteiger partial charge >= 0.3 is 0 Å². The SMILES string of the molecule is C[C@H]1CCN1CC1CCN(c2cc(F)c(SNc3cccc(F)n3)c(F)c2Cl)C1. The average molecular weight is 443 g/mol. The molecule has 4 rings (SSSR count). The van der Waals surface area contributed by atoms with E-state index in [4.69, 9.17) is 11.6 Å². The van der Waals surface area contributed by atoms with Crippen LogP contribution in [0.1, 0.15) is 19.8 Å². The predicted octanol–water partition coefficient (Wildman–Crippen LogP) is 5.19. The summed E-state index contributed by atoms with van der Waals surface area (Å²) in [5.41, 5.74) is 0.383. The van der Waals surface area contributed by atoms with E-state index in [1.54, 1.807) is 0 Å². The summed E-state index contributed by atoms with van der Waals surface area (Å²) in [6, 6.07) is 6.06. The molecule has 2 aliphatic heterocycles. The van der Waals surface area contributed by atoms with Crippen molar-refractivity contribution < 1.29 is 13.2 Å². The van der Waals surface area contributed by atoms with E-state index in [1.807, 2.05) is 4.90 Å². The van der Waals surface area contributed by atoms with Crippen LogP contribution in [-0.2, 0) is 0 Å². The first-order valence-electron chi connectivity index (χ1n) is 9.64. The third-order valence-corrected chi connectivity index (χ3v) is 6.90. The van der Waals surface area contributed by atoms with Gasteiger partial charge in [-0.1, -0.05) is 17.7 Å². The zero-order chi connectivity index (χ0) is 20.5. The topological polar surface area (TPSA) is 31.4 Å². The second kappa shape index (κ2) is 8.62. The molecule has 0 aliphatic carbocycles. The summed E-state index contributed by atoms with van der Waals surface area (Å²) >= 11 is 6.94. The minimum absolute atomic E-state index is 0.0964. The fraction of sp³-hybridized carbons (Fsp3) is 0.450. The molecule has 1 aromatic carbocycles. The lowest BCUT2D eigenvalue weighted by Crippen LogP contribution is -2.48. The molecule has 2 aliphatic rings. The highest BCUT2D eigenvalue weighted by atomic mass is 35.5. The Hall–Kier alpha value is -1.64. The van der Waals surface area contributed by atoms with Crippen LogP contribution in [0.5, 0.6) is 0 Å². The van der Waals surface area contributed by atoms with Crippen molar-refractivity contribution in [3.63, 3.8) is 0 Å². The Bertz CT molecular complexity index is 900. The molecule has 2 fully saturated rings. The van der Waals surface area contributed by atoms with Crippen molar-refractivity contribution in [2.45, 2.75) is 30.7 Å². The van der Waals surface area contributed by atoms with Crippen molar-refractivity contribution in [1.29, 1.82) is 0 Å². The van der Waals surface area contributed by atoms with Gasteiger partial charge in [-0.3, -0.25) is 0 Å². The summed E-state index contributed by atoms with van der Waals surface area (Å²) in [5, 5.41) is -0.0964. The van der Waals surface area contributed by atoms with E-state index in [9.17, 15) is 13.2 Å². The van der Waals surface area contributed by atoms with Crippen LogP contribution in [0.2, 0.25) is 5.02 Å². The van der Waals surface area contributed by atoms with E-state index >= 15 is 0 Å². The first kappa shape index (κ1) is 20.6. The van der Waals surface area contributed by atoms with Crippen LogP contribution in [-0.4, -0.2) is 42.1 Å². The van der Waals surface area contributed by atoms with E-state index in [0.29, 0.717) is 29.6 Å². The molecule has 9 heteroatoms. The van der Waals surface area contributed by atoms with E-state index in [1.165, 1.54) is 30.7 Å². The molecule has 2 atom stereocenters. The Labute approximate surface area is 177 Å². The molecule has 29 heavy (non-hydrogen) atoms. The first-order valence-corrected chi connectivity index (χ1v) is 10.8. The molecule has 0 bridgehead atoms. The van der Waals surface area contributed by atoms with Crippen molar-refractivity contribution in [3.05, 3.63) is 46.9 Å². The third kappa shape index (κ3) is 4.44. The van der Waals surface area contributed by atoms with E-state index in [-0.39, 0.29) is 15.7 Å². The van der Waals surface area contributed by atoms with Gasteiger partial charge in [-0.05, 0) is 56.3 Å². The zero-order valence-electron chi connectivity index (χ0n) is 16.0. The van der Waals surface area contributed by atoms with Gasteiger partial charge in [0.2, 0.25) is 5.95 Å². The maximum Gasteiger partial charge on any atom is 0.214 e. The maximum atomic E-state index is 14.8. The molecule has 1 unspecified atom stereocenters. The summed E-state index contributed by atoms with van der Waals surface area (Å²) in [7, 11) is 0. The summed E-state index contributed by atoms with van der Waals surface area (Å²) in [4.78, 5) is 7.75. The number of hydrogen-bond donors (Lipinski definition) is 1. The highest BCUT2D eigenvalue weighted by Gasteiger charge is 2.31. The zero-order valence-corrected chi connectivity index (χ0v) is 17.5. The third-order valence-electron chi connectivity index (χ3n) is 5.65. The number of aromatic nitrogens is 1. The largest absolute Gasteiger partial charge is 0.370 e. The molecule has 1 aromatic heterocycles. The van der Waals surface area contributed by atoms with Crippen molar-refractivity contribution >= 4 is 35.1 Å². The highest BCUT2D eigenvalue weighted by molar-refractivity contribution is 8.00. The molecule has 0 spiro atoms. The van der Waals surface area contributed by atoms with Crippen LogP contribution in [0.3, 0.4) is 0 Å². The second-order valence-electron chi connectivity index (χ2n) is 7.62. The fourth-order valence-electron chi connectivity index (χ4n) is 3.83. The number of nitrogens with one attached hydrogen (secondary N) is 1. The van der Waals surface area contributed by atoms with Gasteiger partial charge in [0.1, 0.15) is 21.6 Å². The Kier molecular flexibility index (Phi) is 6.13. The van der Waals surface area contributed by atoms with Crippen LogP contribution in [0.15, 0.2) is 29.2 Å². The van der Waals surface area contributed by atoms with Gasteiger partial charge in [0.15, 0.2) is 5.82 Å². The molecule has 2 aromatic rings. The summed E-state index contributed by atoms with van der Waals surface area (Å²) in [6.45, 7) is 5.82. The van der Waals surface area contributed by atoms with Crippen LogP contribution in [0.4, 0.5) is 24.7 Å². The van der Waals surface area contributed by atoms with Crippen LogP contribution in [0, 0.1) is 23.5 Å². The number of likely N-dealkylation sites (tertiary alicyclic amines) is 1. The van der Waals surface area contributed by atoms with Gasteiger partial charge in [-0.25, -0.2) is 13.8 Å².